The molecule has 0 atom stereocenters. The van der Waals surface area contributed by atoms with Crippen molar-refractivity contribution in [2.45, 2.75) is 13.3 Å². The van der Waals surface area contributed by atoms with Crippen LogP contribution in [-0.4, -0.2) is 28.8 Å². The highest BCUT2D eigenvalue weighted by Gasteiger charge is 2.17. The maximum absolute atomic E-state index is 12.7. The number of halogens is 1. The molecule has 8 heteroatoms. The Kier molecular flexibility index (Phi) is 7.11. The van der Waals surface area contributed by atoms with Crippen LogP contribution < -0.4 is 5.43 Å². The van der Waals surface area contributed by atoms with Gasteiger partial charge in [0.15, 0.2) is 0 Å². The Balaban J connectivity index is 1.81. The highest BCUT2D eigenvalue weighted by molar-refractivity contribution is 7.10. The number of benzene rings is 2. The Morgan fingerprint density at radius 3 is 2.70 bits per heavy atom. The minimum atomic E-state index is -0.618. The molecule has 2 N–H and O–H groups in total. The van der Waals surface area contributed by atoms with Gasteiger partial charge >= 0.3 is 0 Å². The number of hydrogen-bond acceptors (Lipinski definition) is 5. The van der Waals surface area contributed by atoms with Crippen molar-refractivity contribution in [2.75, 3.05) is 0 Å². The van der Waals surface area contributed by atoms with E-state index in [0.717, 1.165) is 10.4 Å². The molecule has 1 heterocycles. The molecule has 0 aliphatic rings. The molecule has 3 rings (SSSR count). The largest absolute Gasteiger partial charge is 0.507 e. The quantitative estimate of drug-likeness (QED) is 0.440. The first-order valence-electron chi connectivity index (χ1n) is 8.96. The summed E-state index contributed by atoms with van der Waals surface area (Å²) in [6, 6.07) is 15.2. The molecule has 0 aliphatic carbocycles. The molecule has 0 unspecified atom stereocenters. The van der Waals surface area contributed by atoms with Crippen molar-refractivity contribution in [3.05, 3.63) is 86.6 Å². The predicted octanol–water partition coefficient (Wildman–Crippen LogP) is 4.39. The monoisotopic (exact) mass is 439 g/mol. The third-order valence-corrected chi connectivity index (χ3v) is 5.28. The summed E-state index contributed by atoms with van der Waals surface area (Å²) in [5.74, 6) is -1.19. The maximum atomic E-state index is 12.7. The number of phenolic OH excluding ortho intramolecular Hbond substituents is 1. The molecule has 30 heavy (non-hydrogen) atoms. The van der Waals surface area contributed by atoms with Gasteiger partial charge in [-0.1, -0.05) is 41.4 Å². The van der Waals surface area contributed by atoms with Crippen molar-refractivity contribution < 1.29 is 14.7 Å². The summed E-state index contributed by atoms with van der Waals surface area (Å²) >= 11 is 7.52. The molecule has 0 radical (unpaired) electrons. The molecule has 0 spiro atoms. The van der Waals surface area contributed by atoms with Crippen LogP contribution in [0.4, 0.5) is 0 Å². The van der Waals surface area contributed by atoms with Gasteiger partial charge in [-0.05, 0) is 42.6 Å². The number of hydrazone groups is 1. The Bertz CT molecular complexity index is 1120. The van der Waals surface area contributed by atoms with E-state index in [2.05, 4.69) is 15.5 Å². The standard InChI is InChI=1S/C22H18ClN3O3S/c1-14-8-9-20(27)15(11-14)13-24-26-22(29)19(12-16-5-4-10-30-16)25-21(28)17-6-2-3-7-18(17)23/h2-11,13,27H,12H2,1H3,(H,26,29)/b24-13+,25-19?. The predicted molar refractivity (Wildman–Crippen MR) is 120 cm³/mol. The Labute approximate surface area is 182 Å². The first-order chi connectivity index (χ1) is 14.4. The Morgan fingerprint density at radius 2 is 1.97 bits per heavy atom. The van der Waals surface area contributed by atoms with Crippen molar-refractivity contribution in [3.63, 3.8) is 0 Å². The second-order valence-corrected chi connectivity index (χ2v) is 7.80. The maximum Gasteiger partial charge on any atom is 0.286 e. The number of phenols is 1. The van der Waals surface area contributed by atoms with Gasteiger partial charge in [0, 0.05) is 16.9 Å². The molecular weight excluding hydrogens is 422 g/mol. The van der Waals surface area contributed by atoms with Crippen molar-refractivity contribution in [1.82, 2.24) is 5.43 Å². The third-order valence-electron chi connectivity index (χ3n) is 4.08. The van der Waals surface area contributed by atoms with Gasteiger partial charge in [0.2, 0.25) is 0 Å². The molecule has 2 amide bonds. The molecule has 0 saturated heterocycles. The summed E-state index contributed by atoms with van der Waals surface area (Å²) in [5, 5.41) is 15.9. The molecule has 0 aliphatic heterocycles. The van der Waals surface area contributed by atoms with Gasteiger partial charge in [-0.25, -0.2) is 10.4 Å². The second kappa shape index (κ2) is 9.96. The first kappa shape index (κ1) is 21.4. The number of aromatic hydroxyl groups is 1. The zero-order valence-corrected chi connectivity index (χ0v) is 17.6. The van der Waals surface area contributed by atoms with Crippen LogP contribution in [0.25, 0.3) is 0 Å². The SMILES string of the molecule is Cc1ccc(O)c(/C=N/NC(=O)C(Cc2cccs2)=NC(=O)c2ccccc2Cl)c1. The molecule has 6 nitrogen and oxygen atoms in total. The fraction of sp³-hybridized carbons (Fsp3) is 0.0909. The molecule has 152 valence electrons. The third kappa shape index (κ3) is 5.62. The van der Waals surface area contributed by atoms with Gasteiger partial charge in [0.05, 0.1) is 16.8 Å². The molecule has 0 saturated carbocycles. The van der Waals surface area contributed by atoms with E-state index >= 15 is 0 Å². The van der Waals surface area contributed by atoms with Crippen LogP contribution in [-0.2, 0) is 11.2 Å². The van der Waals surface area contributed by atoms with Crippen LogP contribution >= 0.6 is 22.9 Å². The van der Waals surface area contributed by atoms with Crippen LogP contribution in [0.2, 0.25) is 5.02 Å². The van der Waals surface area contributed by atoms with Gasteiger partial charge in [0.1, 0.15) is 11.5 Å². The fourth-order valence-corrected chi connectivity index (χ4v) is 3.49. The zero-order chi connectivity index (χ0) is 21.5. The van der Waals surface area contributed by atoms with E-state index in [1.165, 1.54) is 17.6 Å². The number of aryl methyl sites for hydroxylation is 1. The van der Waals surface area contributed by atoms with E-state index < -0.39 is 11.8 Å². The minimum Gasteiger partial charge on any atom is -0.507 e. The molecule has 0 fully saturated rings. The highest BCUT2D eigenvalue weighted by atomic mass is 35.5. The number of amides is 2. The van der Waals surface area contributed by atoms with Gasteiger partial charge in [-0.3, -0.25) is 9.59 Å². The number of carbonyl (C=O) groups excluding carboxylic acids is 2. The molecular formula is C22H18ClN3O3S. The van der Waals surface area contributed by atoms with Crippen LogP contribution in [0, 0.1) is 6.92 Å². The first-order valence-corrected chi connectivity index (χ1v) is 10.2. The topological polar surface area (TPSA) is 91.1 Å². The van der Waals surface area contributed by atoms with Crippen LogP contribution in [0.15, 0.2) is 70.1 Å². The van der Waals surface area contributed by atoms with Gasteiger partial charge < -0.3 is 5.11 Å². The lowest BCUT2D eigenvalue weighted by atomic mass is 10.1. The summed E-state index contributed by atoms with van der Waals surface area (Å²) < 4.78 is 0. The molecule has 3 aromatic rings. The van der Waals surface area contributed by atoms with Crippen molar-refractivity contribution in [3.8, 4) is 5.75 Å². The number of hydrogen-bond donors (Lipinski definition) is 2. The number of thiophene rings is 1. The Morgan fingerprint density at radius 1 is 1.17 bits per heavy atom. The summed E-state index contributed by atoms with van der Waals surface area (Å²) in [6.45, 7) is 1.88. The lowest BCUT2D eigenvalue weighted by molar-refractivity contribution is -0.114. The highest BCUT2D eigenvalue weighted by Crippen LogP contribution is 2.17. The number of carbonyl (C=O) groups is 2. The van der Waals surface area contributed by atoms with E-state index in [4.69, 9.17) is 11.6 Å². The van der Waals surface area contributed by atoms with E-state index in [1.54, 1.807) is 42.5 Å². The van der Waals surface area contributed by atoms with Gasteiger partial charge in [0.25, 0.3) is 11.8 Å². The van der Waals surface area contributed by atoms with Crippen molar-refractivity contribution >= 4 is 46.7 Å². The fourth-order valence-electron chi connectivity index (χ4n) is 2.57. The molecule has 2 aromatic carbocycles. The van der Waals surface area contributed by atoms with Gasteiger partial charge in [-0.2, -0.15) is 5.10 Å². The number of nitrogens with zero attached hydrogens (tertiary/aromatic N) is 2. The number of nitrogens with one attached hydrogen (secondary N) is 1. The van der Waals surface area contributed by atoms with Crippen LogP contribution in [0.5, 0.6) is 5.75 Å². The minimum absolute atomic E-state index is 0.00739. The zero-order valence-electron chi connectivity index (χ0n) is 16.0. The number of aliphatic imine (C=N–C) groups is 1. The lowest BCUT2D eigenvalue weighted by Crippen LogP contribution is -2.29. The smallest absolute Gasteiger partial charge is 0.286 e. The van der Waals surface area contributed by atoms with Crippen molar-refractivity contribution in [2.24, 2.45) is 10.1 Å². The summed E-state index contributed by atoms with van der Waals surface area (Å²) in [4.78, 5) is 30.1. The van der Waals surface area contributed by atoms with Crippen LogP contribution in [0.1, 0.15) is 26.4 Å². The lowest BCUT2D eigenvalue weighted by Gasteiger charge is -2.05. The molecule has 0 bridgehead atoms. The van der Waals surface area contributed by atoms with Gasteiger partial charge in [-0.15, -0.1) is 11.3 Å². The Hall–Kier alpha value is -3.29. The second-order valence-electron chi connectivity index (χ2n) is 6.36. The number of rotatable bonds is 6. The average molecular weight is 440 g/mol. The van der Waals surface area contributed by atoms with E-state index in [9.17, 15) is 14.7 Å². The van der Waals surface area contributed by atoms with Crippen LogP contribution in [0.3, 0.4) is 0 Å². The van der Waals surface area contributed by atoms with E-state index in [1.807, 2.05) is 24.4 Å². The van der Waals surface area contributed by atoms with Crippen molar-refractivity contribution in [1.29, 1.82) is 0 Å². The summed E-state index contributed by atoms with van der Waals surface area (Å²) in [6.07, 6.45) is 1.50. The molecule has 1 aromatic heterocycles. The van der Waals surface area contributed by atoms with E-state index in [0.29, 0.717) is 5.56 Å². The average Bonchev–Trinajstić information content (AvgIpc) is 3.23. The normalized spacial score (nSPS) is 11.6. The van der Waals surface area contributed by atoms with E-state index in [-0.39, 0.29) is 28.5 Å². The summed E-state index contributed by atoms with van der Waals surface area (Å²) in [5.41, 5.74) is 3.98. The summed E-state index contributed by atoms with van der Waals surface area (Å²) in [7, 11) is 0.